The number of primary amides is 1. The SMILES string of the molecule is NC(=O)c1ccccc1NC(=O)COc1ccc(Br)cc1Cl. The van der Waals surface area contributed by atoms with Crippen LogP contribution in [0.1, 0.15) is 10.4 Å². The van der Waals surface area contributed by atoms with Gasteiger partial charge in [0.1, 0.15) is 5.75 Å². The van der Waals surface area contributed by atoms with Crippen molar-refractivity contribution in [2.24, 2.45) is 5.73 Å². The molecule has 2 amide bonds. The number of para-hydroxylation sites is 1. The lowest BCUT2D eigenvalue weighted by Crippen LogP contribution is -2.23. The van der Waals surface area contributed by atoms with Crippen LogP contribution in [0.3, 0.4) is 0 Å². The Bertz CT molecular complexity index is 722. The number of hydrogen-bond acceptors (Lipinski definition) is 3. The number of carbonyl (C=O) groups excluding carboxylic acids is 2. The van der Waals surface area contributed by atoms with Gasteiger partial charge in [-0.25, -0.2) is 0 Å². The molecule has 0 bridgehead atoms. The highest BCUT2D eigenvalue weighted by atomic mass is 79.9. The van der Waals surface area contributed by atoms with Crippen LogP contribution in [-0.4, -0.2) is 18.4 Å². The maximum Gasteiger partial charge on any atom is 0.262 e. The fourth-order valence-electron chi connectivity index (χ4n) is 1.73. The molecule has 0 atom stereocenters. The molecule has 5 nitrogen and oxygen atoms in total. The maximum atomic E-state index is 11.9. The summed E-state index contributed by atoms with van der Waals surface area (Å²) in [5, 5.41) is 2.96. The van der Waals surface area contributed by atoms with Crippen molar-refractivity contribution in [3.63, 3.8) is 0 Å². The van der Waals surface area contributed by atoms with Gasteiger partial charge in [0.05, 0.1) is 16.3 Å². The number of halogens is 2. The molecule has 7 heteroatoms. The Hall–Kier alpha value is -2.05. The molecule has 2 rings (SSSR count). The summed E-state index contributed by atoms with van der Waals surface area (Å²) in [7, 11) is 0. The lowest BCUT2D eigenvalue weighted by atomic mass is 10.1. The van der Waals surface area contributed by atoms with Gasteiger partial charge in [-0.3, -0.25) is 9.59 Å². The number of ether oxygens (including phenoxy) is 1. The fourth-order valence-corrected chi connectivity index (χ4v) is 2.46. The van der Waals surface area contributed by atoms with Crippen LogP contribution in [0.5, 0.6) is 5.75 Å². The lowest BCUT2D eigenvalue weighted by Gasteiger charge is -2.10. The highest BCUT2D eigenvalue weighted by molar-refractivity contribution is 9.10. The van der Waals surface area contributed by atoms with Crippen LogP contribution >= 0.6 is 27.5 Å². The number of nitrogens with two attached hydrogens (primary N) is 1. The molecule has 0 heterocycles. The zero-order valence-corrected chi connectivity index (χ0v) is 13.6. The number of amides is 2. The largest absolute Gasteiger partial charge is 0.482 e. The smallest absolute Gasteiger partial charge is 0.262 e. The van der Waals surface area contributed by atoms with Gasteiger partial charge in [0, 0.05) is 4.47 Å². The van der Waals surface area contributed by atoms with Gasteiger partial charge in [0.25, 0.3) is 11.8 Å². The van der Waals surface area contributed by atoms with E-state index in [9.17, 15) is 9.59 Å². The Kier molecular flexibility index (Phi) is 5.41. The molecule has 0 aliphatic rings. The molecule has 22 heavy (non-hydrogen) atoms. The van der Waals surface area contributed by atoms with Crippen molar-refractivity contribution in [2.75, 3.05) is 11.9 Å². The standard InChI is InChI=1S/C15H12BrClN2O3/c16-9-5-6-13(11(17)7-9)22-8-14(20)19-12-4-2-1-3-10(12)15(18)21/h1-7H,8H2,(H2,18,21)(H,19,20). The molecule has 2 aromatic rings. The van der Waals surface area contributed by atoms with Crippen molar-refractivity contribution in [2.45, 2.75) is 0 Å². The molecule has 0 saturated carbocycles. The van der Waals surface area contributed by atoms with Gasteiger partial charge >= 0.3 is 0 Å². The van der Waals surface area contributed by atoms with E-state index in [0.717, 1.165) is 4.47 Å². The second-order valence-corrected chi connectivity index (χ2v) is 5.64. The summed E-state index contributed by atoms with van der Waals surface area (Å²) in [6.45, 7) is -0.242. The fraction of sp³-hybridized carbons (Fsp3) is 0.0667. The summed E-state index contributed by atoms with van der Waals surface area (Å²) in [4.78, 5) is 23.2. The molecular formula is C15H12BrClN2O3. The van der Waals surface area contributed by atoms with Gasteiger partial charge in [-0.05, 0) is 30.3 Å². The Morgan fingerprint density at radius 2 is 1.95 bits per heavy atom. The quantitative estimate of drug-likeness (QED) is 0.832. The van der Waals surface area contributed by atoms with Crippen LogP contribution in [0.4, 0.5) is 5.69 Å². The van der Waals surface area contributed by atoms with Crippen molar-refractivity contribution in [3.05, 3.63) is 57.5 Å². The Morgan fingerprint density at radius 1 is 1.23 bits per heavy atom. The zero-order chi connectivity index (χ0) is 16.1. The molecule has 3 N–H and O–H groups in total. The van der Waals surface area contributed by atoms with E-state index in [2.05, 4.69) is 21.2 Å². The predicted octanol–water partition coefficient (Wildman–Crippen LogP) is 3.22. The van der Waals surface area contributed by atoms with Crippen LogP contribution in [0.15, 0.2) is 46.9 Å². The number of hydrogen-bond donors (Lipinski definition) is 2. The number of carbonyl (C=O) groups is 2. The van der Waals surface area contributed by atoms with Crippen molar-refractivity contribution in [1.82, 2.24) is 0 Å². The average Bonchev–Trinajstić information content (AvgIpc) is 2.46. The minimum Gasteiger partial charge on any atom is -0.482 e. The average molecular weight is 384 g/mol. The van der Waals surface area contributed by atoms with Crippen molar-refractivity contribution in [1.29, 1.82) is 0 Å². The Labute approximate surface area is 140 Å². The highest BCUT2D eigenvalue weighted by Crippen LogP contribution is 2.27. The van der Waals surface area contributed by atoms with E-state index in [-0.39, 0.29) is 12.2 Å². The highest BCUT2D eigenvalue weighted by Gasteiger charge is 2.11. The van der Waals surface area contributed by atoms with E-state index >= 15 is 0 Å². The predicted molar refractivity (Wildman–Crippen MR) is 88.2 cm³/mol. The number of nitrogens with one attached hydrogen (secondary N) is 1. The maximum absolute atomic E-state index is 11.9. The van der Waals surface area contributed by atoms with E-state index < -0.39 is 11.8 Å². The molecular weight excluding hydrogens is 372 g/mol. The van der Waals surface area contributed by atoms with E-state index in [1.807, 2.05) is 0 Å². The Morgan fingerprint density at radius 3 is 2.64 bits per heavy atom. The molecule has 0 fully saturated rings. The third-order valence-electron chi connectivity index (χ3n) is 2.72. The van der Waals surface area contributed by atoms with Crippen molar-refractivity contribution >= 4 is 45.0 Å². The monoisotopic (exact) mass is 382 g/mol. The van der Waals surface area contributed by atoms with Crippen LogP contribution < -0.4 is 15.8 Å². The van der Waals surface area contributed by atoms with E-state index in [4.69, 9.17) is 22.1 Å². The van der Waals surface area contributed by atoms with Crippen LogP contribution in [0.25, 0.3) is 0 Å². The number of benzene rings is 2. The normalized spacial score (nSPS) is 10.1. The summed E-state index contributed by atoms with van der Waals surface area (Å²) < 4.78 is 6.16. The summed E-state index contributed by atoms with van der Waals surface area (Å²) in [6.07, 6.45) is 0. The molecule has 0 aromatic heterocycles. The first-order valence-electron chi connectivity index (χ1n) is 6.24. The first-order chi connectivity index (χ1) is 10.5. The van der Waals surface area contributed by atoms with Crippen LogP contribution in [0, 0.1) is 0 Å². The first kappa shape index (κ1) is 16.3. The molecule has 0 aliphatic carbocycles. The van der Waals surface area contributed by atoms with Gasteiger partial charge < -0.3 is 15.8 Å². The molecule has 0 spiro atoms. The van der Waals surface area contributed by atoms with Gasteiger partial charge in [0.15, 0.2) is 6.61 Å². The minimum absolute atomic E-state index is 0.234. The summed E-state index contributed by atoms with van der Waals surface area (Å²) in [5.41, 5.74) is 5.82. The van der Waals surface area contributed by atoms with Crippen LogP contribution in [0.2, 0.25) is 5.02 Å². The van der Waals surface area contributed by atoms with Gasteiger partial charge in [0.2, 0.25) is 0 Å². The minimum atomic E-state index is -0.618. The number of anilines is 1. The van der Waals surface area contributed by atoms with Gasteiger partial charge in [-0.1, -0.05) is 39.7 Å². The second-order valence-electron chi connectivity index (χ2n) is 4.32. The molecule has 0 saturated heterocycles. The van der Waals surface area contributed by atoms with Crippen molar-refractivity contribution in [3.8, 4) is 5.75 Å². The zero-order valence-electron chi connectivity index (χ0n) is 11.3. The van der Waals surface area contributed by atoms with Crippen LogP contribution in [-0.2, 0) is 4.79 Å². The molecule has 0 unspecified atom stereocenters. The molecule has 114 valence electrons. The Balaban J connectivity index is 2.00. The lowest BCUT2D eigenvalue weighted by molar-refractivity contribution is -0.118. The molecule has 0 radical (unpaired) electrons. The van der Waals surface area contributed by atoms with E-state index in [0.29, 0.717) is 16.5 Å². The topological polar surface area (TPSA) is 81.4 Å². The summed E-state index contributed by atoms with van der Waals surface area (Å²) in [5.74, 6) is -0.649. The first-order valence-corrected chi connectivity index (χ1v) is 7.41. The van der Waals surface area contributed by atoms with Gasteiger partial charge in [-0.2, -0.15) is 0 Å². The van der Waals surface area contributed by atoms with E-state index in [1.165, 1.54) is 6.07 Å². The molecule has 0 aliphatic heterocycles. The molecule has 2 aromatic carbocycles. The van der Waals surface area contributed by atoms with Crippen molar-refractivity contribution < 1.29 is 14.3 Å². The second kappa shape index (κ2) is 7.29. The third-order valence-corrected chi connectivity index (χ3v) is 3.51. The van der Waals surface area contributed by atoms with E-state index in [1.54, 1.807) is 36.4 Å². The summed E-state index contributed by atoms with van der Waals surface area (Å²) >= 11 is 9.27. The van der Waals surface area contributed by atoms with Gasteiger partial charge in [-0.15, -0.1) is 0 Å². The third kappa shape index (κ3) is 4.22. The number of rotatable bonds is 5. The summed E-state index contributed by atoms with van der Waals surface area (Å²) in [6, 6.07) is 11.5.